The lowest BCUT2D eigenvalue weighted by Crippen LogP contribution is -2.38. The van der Waals surface area contributed by atoms with E-state index in [4.69, 9.17) is 14.6 Å². The second-order valence-electron chi connectivity index (χ2n) is 9.38. The van der Waals surface area contributed by atoms with Gasteiger partial charge in [-0.05, 0) is 61.0 Å². The smallest absolute Gasteiger partial charge is 0.323 e. The maximum absolute atomic E-state index is 14.1. The third-order valence-corrected chi connectivity index (χ3v) is 7.11. The van der Waals surface area contributed by atoms with Gasteiger partial charge in [-0.25, -0.2) is 9.48 Å². The minimum Gasteiger partial charge on any atom is -0.497 e. The van der Waals surface area contributed by atoms with Crippen LogP contribution in [-0.4, -0.2) is 39.5 Å². The van der Waals surface area contributed by atoms with Gasteiger partial charge in [-0.1, -0.05) is 42.5 Å². The maximum atomic E-state index is 14.1. The number of carbonyl (C=O) groups excluding carboxylic acids is 1. The molecular formula is C31H29N5O3. The van der Waals surface area contributed by atoms with Crippen LogP contribution in [0.4, 0.5) is 10.5 Å². The summed E-state index contributed by atoms with van der Waals surface area (Å²) >= 11 is 0. The fourth-order valence-electron chi connectivity index (χ4n) is 5.25. The molecule has 0 saturated heterocycles. The van der Waals surface area contributed by atoms with Gasteiger partial charge in [0.2, 0.25) is 0 Å². The van der Waals surface area contributed by atoms with Crippen LogP contribution in [0.15, 0.2) is 97.2 Å². The zero-order chi connectivity index (χ0) is 26.9. The molecule has 5 aromatic rings. The molecule has 1 atom stereocenters. The van der Waals surface area contributed by atoms with Gasteiger partial charge in [-0.15, -0.1) is 0 Å². The molecule has 3 aromatic carbocycles. The lowest BCUT2D eigenvalue weighted by Gasteiger charge is -2.31. The molecule has 0 aliphatic carbocycles. The number of urea groups is 1. The van der Waals surface area contributed by atoms with Gasteiger partial charge >= 0.3 is 6.03 Å². The highest BCUT2D eigenvalue weighted by atomic mass is 16.5. The molecular weight excluding hydrogens is 490 g/mol. The Morgan fingerprint density at radius 2 is 1.72 bits per heavy atom. The molecule has 3 heterocycles. The van der Waals surface area contributed by atoms with Crippen LogP contribution in [-0.2, 0) is 6.54 Å². The predicted molar refractivity (Wildman–Crippen MR) is 150 cm³/mol. The number of fused-ring (bicyclic) bond motifs is 3. The normalized spacial score (nSPS) is 14.2. The summed E-state index contributed by atoms with van der Waals surface area (Å²) in [7, 11) is 3.24. The quantitative estimate of drug-likeness (QED) is 0.303. The summed E-state index contributed by atoms with van der Waals surface area (Å²) < 4.78 is 15.2. The van der Waals surface area contributed by atoms with E-state index in [0.29, 0.717) is 18.0 Å². The first kappa shape index (κ1) is 24.4. The lowest BCUT2D eigenvalue weighted by atomic mass is 10.0. The van der Waals surface area contributed by atoms with Crippen LogP contribution in [0.1, 0.15) is 28.6 Å². The SMILES string of the molecule is COc1cccc([C@H]2c3cccn3-c3c(c(C)nn3-c3ccccc3)CN2C(=O)Nc2ccccc2OC)c1. The largest absolute Gasteiger partial charge is 0.497 e. The Labute approximate surface area is 227 Å². The molecule has 0 unspecified atom stereocenters. The third-order valence-electron chi connectivity index (χ3n) is 7.11. The zero-order valence-electron chi connectivity index (χ0n) is 22.0. The molecule has 1 aliphatic rings. The number of rotatable bonds is 5. The highest BCUT2D eigenvalue weighted by Gasteiger charge is 2.36. The fourth-order valence-corrected chi connectivity index (χ4v) is 5.25. The monoisotopic (exact) mass is 519 g/mol. The Balaban J connectivity index is 1.54. The number of carbonyl (C=O) groups is 1. The van der Waals surface area contributed by atoms with Crippen LogP contribution in [0.25, 0.3) is 11.5 Å². The van der Waals surface area contributed by atoms with Crippen LogP contribution in [0.5, 0.6) is 11.5 Å². The van der Waals surface area contributed by atoms with Crippen LogP contribution in [0.2, 0.25) is 0 Å². The number of benzene rings is 3. The van der Waals surface area contributed by atoms with E-state index in [1.54, 1.807) is 14.2 Å². The van der Waals surface area contributed by atoms with Crippen molar-refractivity contribution in [2.75, 3.05) is 19.5 Å². The van der Waals surface area contributed by atoms with Gasteiger partial charge in [0.1, 0.15) is 17.3 Å². The standard InChI is InChI=1S/C31H29N5O3/c1-21-25-20-35(31(37)32-26-15-7-8-17-28(26)39-3)29(22-11-9-14-24(19-22)38-2)27-16-10-18-34(27)30(25)36(33-21)23-12-5-4-6-13-23/h4-19,29H,20H2,1-3H3,(H,32,37)/t29-/m0/s1. The Bertz CT molecular complexity index is 1640. The second-order valence-corrected chi connectivity index (χ2v) is 9.38. The summed E-state index contributed by atoms with van der Waals surface area (Å²) in [5.74, 6) is 2.24. The summed E-state index contributed by atoms with van der Waals surface area (Å²) in [6, 6.07) is 28.7. The molecule has 0 radical (unpaired) electrons. The summed E-state index contributed by atoms with van der Waals surface area (Å²) in [6.45, 7) is 2.34. The second kappa shape index (κ2) is 10.1. The Morgan fingerprint density at radius 3 is 2.51 bits per heavy atom. The van der Waals surface area contributed by atoms with E-state index >= 15 is 0 Å². The molecule has 39 heavy (non-hydrogen) atoms. The zero-order valence-corrected chi connectivity index (χ0v) is 22.0. The average molecular weight is 520 g/mol. The molecule has 1 N–H and O–H groups in total. The van der Waals surface area contributed by atoms with E-state index < -0.39 is 6.04 Å². The highest BCUT2D eigenvalue weighted by molar-refractivity contribution is 5.91. The topological polar surface area (TPSA) is 73.5 Å². The van der Waals surface area contributed by atoms with Gasteiger partial charge in [0.15, 0.2) is 0 Å². The van der Waals surface area contributed by atoms with Crippen molar-refractivity contribution >= 4 is 11.7 Å². The Hall–Kier alpha value is -4.98. The molecule has 2 aromatic heterocycles. The molecule has 0 fully saturated rings. The molecule has 0 bridgehead atoms. The molecule has 6 rings (SSSR count). The van der Waals surface area contributed by atoms with E-state index in [2.05, 4.69) is 16.0 Å². The van der Waals surface area contributed by atoms with Gasteiger partial charge in [0.25, 0.3) is 0 Å². The third kappa shape index (κ3) is 4.29. The van der Waals surface area contributed by atoms with Crippen molar-refractivity contribution in [3.63, 3.8) is 0 Å². The number of ether oxygens (including phenoxy) is 2. The summed E-state index contributed by atoms with van der Waals surface area (Å²) in [6.07, 6.45) is 2.03. The van der Waals surface area contributed by atoms with Gasteiger partial charge < -0.3 is 24.3 Å². The van der Waals surface area contributed by atoms with Crippen LogP contribution in [0, 0.1) is 6.92 Å². The first-order valence-corrected chi connectivity index (χ1v) is 12.7. The van der Waals surface area contributed by atoms with Crippen molar-refractivity contribution in [3.05, 3.63) is 120 Å². The van der Waals surface area contributed by atoms with Crippen molar-refractivity contribution in [1.29, 1.82) is 0 Å². The van der Waals surface area contributed by atoms with Gasteiger partial charge in [-0.2, -0.15) is 5.10 Å². The summed E-state index contributed by atoms with van der Waals surface area (Å²) in [5.41, 5.74) is 5.25. The van der Waals surface area contributed by atoms with Gasteiger partial charge in [0, 0.05) is 11.8 Å². The number of aromatic nitrogens is 3. The van der Waals surface area contributed by atoms with Crippen molar-refractivity contribution in [3.8, 4) is 23.0 Å². The number of amides is 2. The number of aryl methyl sites for hydroxylation is 1. The van der Waals surface area contributed by atoms with Crippen LogP contribution < -0.4 is 14.8 Å². The minimum absolute atomic E-state index is 0.250. The first-order valence-electron chi connectivity index (χ1n) is 12.7. The number of nitrogens with zero attached hydrogens (tertiary/aromatic N) is 4. The molecule has 8 nitrogen and oxygen atoms in total. The molecule has 1 aliphatic heterocycles. The van der Waals surface area contributed by atoms with Gasteiger partial charge in [0.05, 0.1) is 49.6 Å². The minimum atomic E-state index is -0.402. The molecule has 0 spiro atoms. The van der Waals surface area contributed by atoms with Crippen LogP contribution >= 0.6 is 0 Å². The van der Waals surface area contributed by atoms with Crippen LogP contribution in [0.3, 0.4) is 0 Å². The Morgan fingerprint density at radius 1 is 0.923 bits per heavy atom. The van der Waals surface area contributed by atoms with Crippen molar-refractivity contribution < 1.29 is 14.3 Å². The summed E-state index contributed by atoms with van der Waals surface area (Å²) in [5, 5.41) is 8.00. The maximum Gasteiger partial charge on any atom is 0.323 e. The molecule has 2 amide bonds. The Kier molecular flexibility index (Phi) is 6.28. The number of hydrogen-bond acceptors (Lipinski definition) is 4. The molecule has 0 saturated carbocycles. The lowest BCUT2D eigenvalue weighted by molar-refractivity contribution is 0.194. The number of nitrogens with one attached hydrogen (secondary N) is 1. The van der Waals surface area contributed by atoms with E-state index in [9.17, 15) is 4.79 Å². The number of methoxy groups -OCH3 is 2. The number of hydrogen-bond donors (Lipinski definition) is 1. The first-order chi connectivity index (χ1) is 19.1. The van der Waals surface area contributed by atoms with E-state index in [0.717, 1.165) is 39.8 Å². The molecule has 196 valence electrons. The summed E-state index contributed by atoms with van der Waals surface area (Å²) in [4.78, 5) is 16.0. The van der Waals surface area contributed by atoms with Crippen molar-refractivity contribution in [2.24, 2.45) is 0 Å². The fraction of sp³-hybridized carbons (Fsp3) is 0.161. The van der Waals surface area contributed by atoms with Crippen molar-refractivity contribution in [2.45, 2.75) is 19.5 Å². The van der Waals surface area contributed by atoms with E-state index in [1.807, 2.05) is 108 Å². The number of anilines is 1. The van der Waals surface area contributed by atoms with Gasteiger partial charge in [-0.3, -0.25) is 0 Å². The highest BCUT2D eigenvalue weighted by Crippen LogP contribution is 2.39. The number of para-hydroxylation sites is 3. The van der Waals surface area contributed by atoms with E-state index in [1.165, 1.54) is 0 Å². The van der Waals surface area contributed by atoms with Crippen molar-refractivity contribution in [1.82, 2.24) is 19.2 Å². The molecule has 8 heteroatoms. The average Bonchev–Trinajstić information content (AvgIpc) is 3.54. The van der Waals surface area contributed by atoms with E-state index in [-0.39, 0.29) is 6.03 Å². The predicted octanol–water partition coefficient (Wildman–Crippen LogP) is 6.13.